The fraction of sp³-hybridized carbons (Fsp3) is 0.818. The molecule has 0 unspecified atom stereocenters. The first kappa shape index (κ1) is 13.1. The minimum Gasteiger partial charge on any atom is -0.370 e. The van der Waals surface area contributed by atoms with Gasteiger partial charge in [-0.05, 0) is 18.8 Å². The SMILES string of the molecule is CC(=O)C(C)(C)CC(C)(C)CC(N)=O. The molecule has 0 heterocycles. The first-order chi connectivity index (χ1) is 6.07. The number of hydrogen-bond acceptors (Lipinski definition) is 2. The summed E-state index contributed by atoms with van der Waals surface area (Å²) in [4.78, 5) is 22.1. The summed E-state index contributed by atoms with van der Waals surface area (Å²) in [6.45, 7) is 9.31. The minimum absolute atomic E-state index is 0.148. The van der Waals surface area contributed by atoms with Gasteiger partial charge in [-0.15, -0.1) is 0 Å². The Morgan fingerprint density at radius 1 is 1.14 bits per heavy atom. The summed E-state index contributed by atoms with van der Waals surface area (Å²) < 4.78 is 0. The van der Waals surface area contributed by atoms with Crippen molar-refractivity contribution < 1.29 is 9.59 Å². The van der Waals surface area contributed by atoms with E-state index in [1.54, 1.807) is 6.92 Å². The summed E-state index contributed by atoms with van der Waals surface area (Å²) in [5.41, 5.74) is 4.57. The number of primary amides is 1. The lowest BCUT2D eigenvalue weighted by Crippen LogP contribution is -2.32. The van der Waals surface area contributed by atoms with Crippen LogP contribution in [-0.2, 0) is 9.59 Å². The van der Waals surface area contributed by atoms with Crippen LogP contribution < -0.4 is 5.73 Å². The molecule has 0 bridgehead atoms. The third-order valence-corrected chi connectivity index (χ3v) is 2.53. The molecule has 2 N–H and O–H groups in total. The molecule has 0 saturated carbocycles. The number of hydrogen-bond donors (Lipinski definition) is 1. The Morgan fingerprint density at radius 2 is 1.57 bits per heavy atom. The molecule has 0 aromatic rings. The summed E-state index contributed by atoms with van der Waals surface area (Å²) in [7, 11) is 0. The largest absolute Gasteiger partial charge is 0.370 e. The van der Waals surface area contributed by atoms with Crippen molar-refractivity contribution in [2.75, 3.05) is 0 Å². The number of ketones is 1. The number of nitrogens with two attached hydrogens (primary N) is 1. The molecule has 3 nitrogen and oxygen atoms in total. The average molecular weight is 199 g/mol. The van der Waals surface area contributed by atoms with Gasteiger partial charge in [-0.25, -0.2) is 0 Å². The highest BCUT2D eigenvalue weighted by Crippen LogP contribution is 2.36. The molecule has 0 spiro atoms. The van der Waals surface area contributed by atoms with Crippen molar-refractivity contribution in [3.05, 3.63) is 0 Å². The number of Topliss-reactive ketones (excluding diaryl/α,β-unsaturated/α-hetero) is 1. The molecule has 0 saturated heterocycles. The molecule has 0 fully saturated rings. The Kier molecular flexibility index (Phi) is 3.86. The Balaban J connectivity index is 4.49. The number of rotatable bonds is 5. The lowest BCUT2D eigenvalue weighted by molar-refractivity contribution is -0.128. The van der Waals surface area contributed by atoms with E-state index in [0.717, 1.165) is 0 Å². The van der Waals surface area contributed by atoms with Crippen LogP contribution in [0.5, 0.6) is 0 Å². The van der Waals surface area contributed by atoms with Gasteiger partial charge in [0.25, 0.3) is 0 Å². The predicted octanol–water partition coefficient (Wildman–Crippen LogP) is 1.89. The van der Waals surface area contributed by atoms with E-state index in [4.69, 9.17) is 5.73 Å². The van der Waals surface area contributed by atoms with Crippen molar-refractivity contribution in [3.8, 4) is 0 Å². The monoisotopic (exact) mass is 199 g/mol. The lowest BCUT2D eigenvalue weighted by atomic mass is 9.71. The zero-order chi connectivity index (χ0) is 11.6. The molecule has 0 rings (SSSR count). The van der Waals surface area contributed by atoms with Crippen LogP contribution in [0.25, 0.3) is 0 Å². The maximum atomic E-state index is 11.3. The van der Waals surface area contributed by atoms with Gasteiger partial charge in [0.1, 0.15) is 5.78 Å². The van der Waals surface area contributed by atoms with Gasteiger partial charge < -0.3 is 5.73 Å². The van der Waals surface area contributed by atoms with Gasteiger partial charge in [-0.3, -0.25) is 9.59 Å². The second-order valence-corrected chi connectivity index (χ2v) is 5.42. The van der Waals surface area contributed by atoms with Crippen molar-refractivity contribution >= 4 is 11.7 Å². The highest BCUT2D eigenvalue weighted by molar-refractivity contribution is 5.81. The highest BCUT2D eigenvalue weighted by atomic mass is 16.1. The Bertz CT molecular complexity index is 242. The maximum Gasteiger partial charge on any atom is 0.217 e. The summed E-state index contributed by atoms with van der Waals surface area (Å²) in [5, 5.41) is 0. The zero-order valence-corrected chi connectivity index (χ0v) is 9.81. The molecule has 0 aromatic heterocycles. The quantitative estimate of drug-likeness (QED) is 0.735. The van der Waals surface area contributed by atoms with Gasteiger partial charge in [0.05, 0.1) is 0 Å². The van der Waals surface area contributed by atoms with Crippen molar-refractivity contribution in [3.63, 3.8) is 0 Å². The number of carbonyl (C=O) groups is 2. The van der Waals surface area contributed by atoms with Crippen molar-refractivity contribution in [2.45, 2.75) is 47.5 Å². The minimum atomic E-state index is -0.376. The molecule has 0 radical (unpaired) electrons. The molecule has 0 aromatic carbocycles. The van der Waals surface area contributed by atoms with Crippen molar-refractivity contribution in [1.82, 2.24) is 0 Å². The first-order valence-corrected chi connectivity index (χ1v) is 4.86. The van der Waals surface area contributed by atoms with E-state index in [1.165, 1.54) is 0 Å². The fourth-order valence-electron chi connectivity index (χ4n) is 1.86. The van der Waals surface area contributed by atoms with Crippen LogP contribution in [0.3, 0.4) is 0 Å². The lowest BCUT2D eigenvalue weighted by Gasteiger charge is -2.32. The van der Waals surface area contributed by atoms with E-state index in [1.807, 2.05) is 27.7 Å². The van der Waals surface area contributed by atoms with Crippen LogP contribution in [0.15, 0.2) is 0 Å². The smallest absolute Gasteiger partial charge is 0.217 e. The molecule has 0 atom stereocenters. The number of amides is 1. The maximum absolute atomic E-state index is 11.3. The molecule has 82 valence electrons. The van der Waals surface area contributed by atoms with Crippen molar-refractivity contribution in [1.29, 1.82) is 0 Å². The average Bonchev–Trinajstić information content (AvgIpc) is 1.79. The molecular formula is C11H21NO2. The third-order valence-electron chi connectivity index (χ3n) is 2.53. The normalized spacial score (nSPS) is 12.6. The third kappa shape index (κ3) is 4.40. The van der Waals surface area contributed by atoms with Crippen LogP contribution in [-0.4, -0.2) is 11.7 Å². The van der Waals surface area contributed by atoms with Gasteiger partial charge in [0, 0.05) is 11.8 Å². The van der Waals surface area contributed by atoms with E-state index < -0.39 is 0 Å². The topological polar surface area (TPSA) is 60.2 Å². The van der Waals surface area contributed by atoms with Crippen LogP contribution in [0, 0.1) is 10.8 Å². The van der Waals surface area contributed by atoms with E-state index in [0.29, 0.717) is 12.8 Å². The highest BCUT2D eigenvalue weighted by Gasteiger charge is 2.33. The fourth-order valence-corrected chi connectivity index (χ4v) is 1.86. The van der Waals surface area contributed by atoms with Crippen LogP contribution in [0.4, 0.5) is 0 Å². The Hall–Kier alpha value is -0.860. The second kappa shape index (κ2) is 4.11. The van der Waals surface area contributed by atoms with E-state index in [9.17, 15) is 9.59 Å². The summed E-state index contributed by atoms with van der Waals surface area (Å²) in [6, 6.07) is 0. The molecule has 3 heteroatoms. The standard InChI is InChI=1S/C11H21NO2/c1-8(13)11(4,5)7-10(2,3)6-9(12)14/h6-7H2,1-5H3,(H2,12,14). The molecule has 14 heavy (non-hydrogen) atoms. The van der Waals surface area contributed by atoms with E-state index >= 15 is 0 Å². The predicted molar refractivity (Wildman–Crippen MR) is 56.7 cm³/mol. The molecule has 0 aliphatic heterocycles. The molecule has 0 aliphatic carbocycles. The summed E-state index contributed by atoms with van der Waals surface area (Å²) in [5.74, 6) is -0.163. The van der Waals surface area contributed by atoms with Crippen molar-refractivity contribution in [2.24, 2.45) is 16.6 Å². The molecule has 1 amide bonds. The zero-order valence-electron chi connectivity index (χ0n) is 9.81. The summed E-state index contributed by atoms with van der Waals surface area (Å²) in [6.07, 6.45) is 1.00. The molecular weight excluding hydrogens is 178 g/mol. The van der Waals surface area contributed by atoms with E-state index in [2.05, 4.69) is 0 Å². The Morgan fingerprint density at radius 3 is 1.86 bits per heavy atom. The van der Waals surface area contributed by atoms with E-state index in [-0.39, 0.29) is 22.5 Å². The number of carbonyl (C=O) groups excluding carboxylic acids is 2. The Labute approximate surface area is 86.1 Å². The van der Waals surface area contributed by atoms with Gasteiger partial charge in [0.2, 0.25) is 5.91 Å². The summed E-state index contributed by atoms with van der Waals surface area (Å²) >= 11 is 0. The van der Waals surface area contributed by atoms with Gasteiger partial charge >= 0.3 is 0 Å². The van der Waals surface area contributed by atoms with Crippen LogP contribution >= 0.6 is 0 Å². The van der Waals surface area contributed by atoms with Crippen LogP contribution in [0.2, 0.25) is 0 Å². The second-order valence-electron chi connectivity index (χ2n) is 5.42. The van der Waals surface area contributed by atoms with Gasteiger partial charge in [0.15, 0.2) is 0 Å². The molecule has 0 aliphatic rings. The van der Waals surface area contributed by atoms with Gasteiger partial charge in [-0.2, -0.15) is 0 Å². The van der Waals surface area contributed by atoms with Gasteiger partial charge in [-0.1, -0.05) is 27.7 Å². The first-order valence-electron chi connectivity index (χ1n) is 4.86. The van der Waals surface area contributed by atoms with Crippen LogP contribution in [0.1, 0.15) is 47.5 Å².